The van der Waals surface area contributed by atoms with Gasteiger partial charge in [0.25, 0.3) is 5.56 Å². The number of rotatable bonds is 5. The summed E-state index contributed by atoms with van der Waals surface area (Å²) in [6.07, 6.45) is 5.17. The van der Waals surface area contributed by atoms with E-state index in [-0.39, 0.29) is 10.5 Å². The van der Waals surface area contributed by atoms with E-state index in [4.69, 9.17) is 16.3 Å². The molecule has 28 heavy (non-hydrogen) atoms. The van der Waals surface area contributed by atoms with Gasteiger partial charge in [0.15, 0.2) is 9.84 Å². The fraction of sp³-hybridized carbons (Fsp3) is 0.286. The van der Waals surface area contributed by atoms with Crippen LogP contribution in [0.25, 0.3) is 21.9 Å². The number of halogens is 1. The topological polar surface area (TPSA) is 65.4 Å². The van der Waals surface area contributed by atoms with E-state index in [9.17, 15) is 13.2 Å². The highest BCUT2D eigenvalue weighted by Crippen LogP contribution is 2.38. The van der Waals surface area contributed by atoms with Gasteiger partial charge in [-0.05, 0) is 60.5 Å². The fourth-order valence-electron chi connectivity index (χ4n) is 3.22. The molecule has 1 aliphatic rings. The van der Waals surface area contributed by atoms with E-state index in [2.05, 4.69) is 0 Å². The molecule has 0 N–H and O–H groups in total. The van der Waals surface area contributed by atoms with Gasteiger partial charge in [0.1, 0.15) is 5.75 Å². The van der Waals surface area contributed by atoms with E-state index < -0.39 is 9.84 Å². The summed E-state index contributed by atoms with van der Waals surface area (Å²) >= 11 is 6.19. The van der Waals surface area contributed by atoms with Gasteiger partial charge in [0.2, 0.25) is 0 Å². The molecule has 0 radical (unpaired) electrons. The highest BCUT2D eigenvalue weighted by Gasteiger charge is 2.23. The van der Waals surface area contributed by atoms with Gasteiger partial charge in [-0.1, -0.05) is 11.6 Å². The molecule has 0 saturated heterocycles. The van der Waals surface area contributed by atoms with Gasteiger partial charge in [-0.25, -0.2) is 8.42 Å². The molecule has 4 rings (SSSR count). The summed E-state index contributed by atoms with van der Waals surface area (Å²) in [5, 5.41) is 1.68. The van der Waals surface area contributed by atoms with E-state index in [1.165, 1.54) is 10.8 Å². The van der Waals surface area contributed by atoms with Crippen molar-refractivity contribution in [1.29, 1.82) is 0 Å². The van der Waals surface area contributed by atoms with Crippen molar-refractivity contribution in [2.24, 2.45) is 13.0 Å². The van der Waals surface area contributed by atoms with Crippen LogP contribution in [0.15, 0.2) is 52.3 Å². The lowest BCUT2D eigenvalue weighted by Crippen LogP contribution is -2.16. The molecule has 1 fully saturated rings. The standard InChI is InChI=1S/C21H20ClNO4S/c1-23-11-19(17-9-14(22)5-7-16(17)21(23)24)18-10-15(28(2,25)26)6-8-20(18)27-12-13-3-4-13/h5-11,13H,3-4,12H2,1-2H3. The Morgan fingerprint density at radius 1 is 1.11 bits per heavy atom. The van der Waals surface area contributed by atoms with Crippen molar-refractivity contribution in [3.8, 4) is 16.9 Å². The maximum atomic E-state index is 12.6. The van der Waals surface area contributed by atoms with Crippen LogP contribution in [0.4, 0.5) is 0 Å². The molecule has 1 saturated carbocycles. The number of sulfone groups is 1. The Balaban J connectivity index is 1.99. The third-order valence-electron chi connectivity index (χ3n) is 4.99. The molecule has 0 spiro atoms. The van der Waals surface area contributed by atoms with Crippen molar-refractivity contribution in [3.63, 3.8) is 0 Å². The van der Waals surface area contributed by atoms with Crippen molar-refractivity contribution in [2.45, 2.75) is 17.7 Å². The first-order chi connectivity index (χ1) is 13.2. The molecule has 1 aromatic heterocycles. The Bertz CT molecular complexity index is 1240. The van der Waals surface area contributed by atoms with Crippen LogP contribution in [0.3, 0.4) is 0 Å². The summed E-state index contributed by atoms with van der Waals surface area (Å²) in [7, 11) is -1.73. The Hall–Kier alpha value is -2.31. The molecule has 0 bridgehead atoms. The first-order valence-electron chi connectivity index (χ1n) is 9.00. The van der Waals surface area contributed by atoms with Gasteiger partial charge in [-0.15, -0.1) is 0 Å². The van der Waals surface area contributed by atoms with E-state index >= 15 is 0 Å². The van der Waals surface area contributed by atoms with Crippen molar-refractivity contribution in [2.75, 3.05) is 12.9 Å². The molecule has 146 valence electrons. The number of pyridine rings is 1. The van der Waals surface area contributed by atoms with Gasteiger partial charge < -0.3 is 9.30 Å². The molecular formula is C21H20ClNO4S. The second-order valence-corrected chi connectivity index (χ2v) is 9.79. The average Bonchev–Trinajstić information content (AvgIpc) is 3.46. The van der Waals surface area contributed by atoms with Crippen LogP contribution >= 0.6 is 11.6 Å². The minimum absolute atomic E-state index is 0.143. The molecule has 0 atom stereocenters. The van der Waals surface area contributed by atoms with E-state index in [1.807, 2.05) is 0 Å². The third kappa shape index (κ3) is 3.66. The zero-order chi connectivity index (χ0) is 20.1. The minimum Gasteiger partial charge on any atom is -0.493 e. The lowest BCUT2D eigenvalue weighted by Gasteiger charge is -2.16. The van der Waals surface area contributed by atoms with Gasteiger partial charge in [0.05, 0.1) is 11.5 Å². The van der Waals surface area contributed by atoms with Gasteiger partial charge >= 0.3 is 0 Å². The average molecular weight is 418 g/mol. The maximum Gasteiger partial charge on any atom is 0.258 e. The summed E-state index contributed by atoms with van der Waals surface area (Å²) in [6, 6.07) is 9.94. The first-order valence-corrected chi connectivity index (χ1v) is 11.3. The van der Waals surface area contributed by atoms with Crippen LogP contribution < -0.4 is 10.3 Å². The summed E-state index contributed by atoms with van der Waals surface area (Å²) < 4.78 is 31.8. The Labute approximate surface area is 168 Å². The number of hydrogen-bond donors (Lipinski definition) is 0. The van der Waals surface area contributed by atoms with Crippen LogP contribution in [0.2, 0.25) is 5.02 Å². The second-order valence-electron chi connectivity index (χ2n) is 7.33. The molecule has 0 amide bonds. The third-order valence-corrected chi connectivity index (χ3v) is 6.33. The van der Waals surface area contributed by atoms with Crippen LogP contribution in [-0.4, -0.2) is 25.8 Å². The lowest BCUT2D eigenvalue weighted by molar-refractivity contribution is 0.301. The number of ether oxygens (including phenoxy) is 1. The Kier molecular flexibility index (Phi) is 4.71. The summed E-state index contributed by atoms with van der Waals surface area (Å²) in [5.74, 6) is 1.15. The predicted octanol–water partition coefficient (Wildman–Crippen LogP) is 4.05. The van der Waals surface area contributed by atoms with Crippen LogP contribution in [0.1, 0.15) is 12.8 Å². The minimum atomic E-state index is -3.40. The predicted molar refractivity (Wildman–Crippen MR) is 111 cm³/mol. The first kappa shape index (κ1) is 19.0. The van der Waals surface area contributed by atoms with Crippen LogP contribution in [0, 0.1) is 5.92 Å². The number of nitrogens with zero attached hydrogens (tertiary/aromatic N) is 1. The highest BCUT2D eigenvalue weighted by atomic mass is 35.5. The van der Waals surface area contributed by atoms with Crippen molar-refractivity contribution >= 4 is 32.2 Å². The lowest BCUT2D eigenvalue weighted by atomic mass is 9.99. The quantitative estimate of drug-likeness (QED) is 0.628. The molecule has 5 nitrogen and oxygen atoms in total. The SMILES string of the molecule is Cn1cc(-c2cc(S(C)(=O)=O)ccc2OCC2CC2)c2cc(Cl)ccc2c1=O. The van der Waals surface area contributed by atoms with E-state index in [0.29, 0.717) is 45.2 Å². The number of aromatic nitrogens is 1. The molecular weight excluding hydrogens is 398 g/mol. The fourth-order valence-corrected chi connectivity index (χ4v) is 4.04. The second kappa shape index (κ2) is 6.94. The zero-order valence-electron chi connectivity index (χ0n) is 15.6. The number of benzene rings is 2. The molecule has 7 heteroatoms. The smallest absolute Gasteiger partial charge is 0.258 e. The van der Waals surface area contributed by atoms with Crippen molar-refractivity contribution in [1.82, 2.24) is 4.57 Å². The Morgan fingerprint density at radius 3 is 2.54 bits per heavy atom. The number of aryl methyl sites for hydroxylation is 1. The molecule has 3 aromatic rings. The Morgan fingerprint density at radius 2 is 1.86 bits per heavy atom. The molecule has 1 heterocycles. The highest BCUT2D eigenvalue weighted by molar-refractivity contribution is 7.90. The van der Waals surface area contributed by atoms with Crippen LogP contribution in [0.5, 0.6) is 5.75 Å². The number of hydrogen-bond acceptors (Lipinski definition) is 4. The van der Waals surface area contributed by atoms with Crippen molar-refractivity contribution in [3.05, 3.63) is 58.0 Å². The largest absolute Gasteiger partial charge is 0.493 e. The summed E-state index contributed by atoms with van der Waals surface area (Å²) in [4.78, 5) is 12.7. The van der Waals surface area contributed by atoms with Crippen LogP contribution in [-0.2, 0) is 16.9 Å². The number of fused-ring (bicyclic) bond motifs is 1. The molecule has 0 unspecified atom stereocenters. The van der Waals surface area contributed by atoms with E-state index in [0.717, 1.165) is 12.8 Å². The molecule has 2 aromatic carbocycles. The summed E-state index contributed by atoms with van der Waals surface area (Å²) in [6.45, 7) is 0.593. The maximum absolute atomic E-state index is 12.6. The van der Waals surface area contributed by atoms with Gasteiger partial charge in [-0.3, -0.25) is 4.79 Å². The molecule has 0 aliphatic heterocycles. The van der Waals surface area contributed by atoms with E-state index in [1.54, 1.807) is 49.6 Å². The van der Waals surface area contributed by atoms with Crippen molar-refractivity contribution < 1.29 is 13.2 Å². The normalized spacial score (nSPS) is 14.4. The van der Waals surface area contributed by atoms with Gasteiger partial charge in [-0.2, -0.15) is 0 Å². The molecule has 1 aliphatic carbocycles. The zero-order valence-corrected chi connectivity index (χ0v) is 17.2. The monoisotopic (exact) mass is 417 g/mol. The van der Waals surface area contributed by atoms with Gasteiger partial charge in [0, 0.05) is 41.0 Å². The summed E-state index contributed by atoms with van der Waals surface area (Å²) in [5.41, 5.74) is 1.19.